The van der Waals surface area contributed by atoms with Crippen LogP contribution in [0.25, 0.3) is 22.4 Å². The van der Waals surface area contributed by atoms with Gasteiger partial charge in [-0.1, -0.05) is 86.7 Å². The van der Waals surface area contributed by atoms with Crippen LogP contribution < -0.4 is 0 Å². The van der Waals surface area contributed by atoms with Crippen LogP contribution in [0.2, 0.25) is 0 Å². The van der Waals surface area contributed by atoms with Gasteiger partial charge in [-0.05, 0) is 56.3 Å². The molecule has 2 aromatic rings. The molecule has 0 fully saturated rings. The van der Waals surface area contributed by atoms with Crippen molar-refractivity contribution in [2.45, 2.75) is 13.8 Å². The maximum Gasteiger partial charge on any atom is 0.0315 e. The van der Waals surface area contributed by atoms with Crippen molar-refractivity contribution in [2.24, 2.45) is 10.8 Å². The van der Waals surface area contributed by atoms with E-state index in [0.29, 0.717) is 0 Å². The molecule has 0 spiro atoms. The van der Waals surface area contributed by atoms with Crippen molar-refractivity contribution in [2.75, 3.05) is 0 Å². The van der Waals surface area contributed by atoms with Gasteiger partial charge in [0.2, 0.25) is 0 Å². The minimum atomic E-state index is -0.0299. The Bertz CT molecular complexity index is 1190. The standard InChI is InChI=1S/C26H20/c1-25-20-8-5-9-21(25)12-13-24-23-16-18-7-4-3-6-17(18)14-19(23)15-22(11-10-20)26(24,25)2/h3-16H,1-2H3/t25-,26-/m1/s1. The van der Waals surface area contributed by atoms with E-state index in [9.17, 15) is 0 Å². The molecule has 0 amide bonds. The number of benzene rings is 2. The van der Waals surface area contributed by atoms with Gasteiger partial charge in [0.25, 0.3) is 0 Å². The predicted octanol–water partition coefficient (Wildman–Crippen LogP) is 6.64. The van der Waals surface area contributed by atoms with Gasteiger partial charge in [-0.3, -0.25) is 0 Å². The quantitative estimate of drug-likeness (QED) is 0.507. The summed E-state index contributed by atoms with van der Waals surface area (Å²) in [6.07, 6.45) is 18.5. The van der Waals surface area contributed by atoms with E-state index in [1.165, 1.54) is 44.2 Å². The fourth-order valence-corrected chi connectivity index (χ4v) is 5.51. The van der Waals surface area contributed by atoms with Crippen LogP contribution in [0.5, 0.6) is 0 Å². The third-order valence-corrected chi connectivity index (χ3v) is 7.21. The molecule has 0 aromatic heterocycles. The van der Waals surface area contributed by atoms with E-state index in [1.807, 2.05) is 0 Å². The van der Waals surface area contributed by atoms with Gasteiger partial charge >= 0.3 is 0 Å². The summed E-state index contributed by atoms with van der Waals surface area (Å²) in [6, 6.07) is 13.4. The monoisotopic (exact) mass is 332 g/mol. The van der Waals surface area contributed by atoms with Gasteiger partial charge in [0.15, 0.2) is 0 Å². The first kappa shape index (κ1) is 14.3. The minimum absolute atomic E-state index is 0.00421. The number of hydrogen-bond acceptors (Lipinski definition) is 0. The molecule has 0 aliphatic heterocycles. The van der Waals surface area contributed by atoms with Gasteiger partial charge in [0, 0.05) is 10.8 Å². The van der Waals surface area contributed by atoms with E-state index in [0.717, 1.165) is 0 Å². The zero-order chi connectivity index (χ0) is 17.5. The van der Waals surface area contributed by atoms with Crippen molar-refractivity contribution in [3.8, 4) is 0 Å². The van der Waals surface area contributed by atoms with Crippen LogP contribution in [0.3, 0.4) is 0 Å². The van der Waals surface area contributed by atoms with Gasteiger partial charge in [-0.2, -0.15) is 0 Å². The maximum absolute atomic E-state index is 2.44. The predicted molar refractivity (Wildman–Crippen MR) is 111 cm³/mol. The third kappa shape index (κ3) is 1.44. The molecule has 0 N–H and O–H groups in total. The second-order valence-electron chi connectivity index (χ2n) is 8.15. The van der Waals surface area contributed by atoms with E-state index in [-0.39, 0.29) is 10.8 Å². The Balaban J connectivity index is 1.76. The highest BCUT2D eigenvalue weighted by molar-refractivity contribution is 5.97. The second kappa shape index (κ2) is 4.45. The van der Waals surface area contributed by atoms with Gasteiger partial charge in [-0.15, -0.1) is 0 Å². The lowest BCUT2D eigenvalue weighted by atomic mass is 9.45. The topological polar surface area (TPSA) is 0 Å². The Kier molecular flexibility index (Phi) is 2.45. The fraction of sp³-hybridized carbons (Fsp3) is 0.154. The van der Waals surface area contributed by atoms with E-state index >= 15 is 0 Å². The van der Waals surface area contributed by atoms with Crippen LogP contribution in [-0.2, 0) is 0 Å². The molecule has 4 aliphatic carbocycles. The molecule has 2 atom stereocenters. The van der Waals surface area contributed by atoms with Gasteiger partial charge in [0.1, 0.15) is 0 Å². The Hall–Kier alpha value is -2.86. The molecule has 0 saturated heterocycles. The van der Waals surface area contributed by atoms with E-state index < -0.39 is 0 Å². The van der Waals surface area contributed by atoms with Crippen molar-refractivity contribution in [3.05, 3.63) is 107 Å². The average molecular weight is 332 g/mol. The first-order chi connectivity index (χ1) is 12.6. The molecule has 2 aromatic carbocycles. The molecule has 0 heterocycles. The molecular weight excluding hydrogens is 312 g/mol. The highest BCUT2D eigenvalue weighted by Gasteiger charge is 2.56. The SMILES string of the molecule is C[C@@]12C3=CC=CC1=CC=C1c4cc5ccccc5cc4C=C(C=C3)[C@]12C. The summed E-state index contributed by atoms with van der Waals surface area (Å²) >= 11 is 0. The summed E-state index contributed by atoms with van der Waals surface area (Å²) in [5.74, 6) is 0. The molecule has 6 rings (SSSR count). The Labute approximate surface area is 154 Å². The molecule has 4 aliphatic rings. The van der Waals surface area contributed by atoms with Crippen LogP contribution >= 0.6 is 0 Å². The average Bonchev–Trinajstić information content (AvgIpc) is 2.65. The molecule has 124 valence electrons. The number of fused-ring (bicyclic) bond motifs is 3. The fourth-order valence-electron chi connectivity index (χ4n) is 5.51. The number of rotatable bonds is 0. The van der Waals surface area contributed by atoms with E-state index in [2.05, 4.69) is 98.9 Å². The van der Waals surface area contributed by atoms with Gasteiger partial charge < -0.3 is 0 Å². The number of hydrogen-bond donors (Lipinski definition) is 0. The Morgan fingerprint density at radius 2 is 1.42 bits per heavy atom. The van der Waals surface area contributed by atoms with Crippen LogP contribution in [0.1, 0.15) is 25.0 Å². The lowest BCUT2D eigenvalue weighted by Gasteiger charge is -2.56. The van der Waals surface area contributed by atoms with Crippen LogP contribution in [0.15, 0.2) is 95.6 Å². The summed E-state index contributed by atoms with van der Waals surface area (Å²) in [7, 11) is 0. The Morgan fingerprint density at radius 3 is 2.27 bits per heavy atom. The zero-order valence-corrected chi connectivity index (χ0v) is 15.1. The molecule has 0 unspecified atom stereocenters. The summed E-state index contributed by atoms with van der Waals surface area (Å²) in [5, 5.41) is 2.63. The normalized spacial score (nSPS) is 30.1. The summed E-state index contributed by atoms with van der Waals surface area (Å²) in [5.41, 5.74) is 8.40. The maximum atomic E-state index is 2.44. The molecule has 0 radical (unpaired) electrons. The second-order valence-corrected chi connectivity index (χ2v) is 8.15. The molecule has 0 nitrogen and oxygen atoms in total. The van der Waals surface area contributed by atoms with Crippen LogP contribution in [-0.4, -0.2) is 0 Å². The number of allylic oxidation sites excluding steroid dienone is 11. The summed E-state index contributed by atoms with van der Waals surface area (Å²) in [4.78, 5) is 0. The highest BCUT2D eigenvalue weighted by atomic mass is 14.6. The van der Waals surface area contributed by atoms with Crippen molar-refractivity contribution < 1.29 is 0 Å². The summed E-state index contributed by atoms with van der Waals surface area (Å²) < 4.78 is 0. The molecule has 0 saturated carbocycles. The van der Waals surface area contributed by atoms with Crippen LogP contribution in [0.4, 0.5) is 0 Å². The largest absolute Gasteiger partial charge is 0.0617 e. The lowest BCUT2D eigenvalue weighted by Crippen LogP contribution is -2.47. The molecular formula is C26H20. The smallest absolute Gasteiger partial charge is 0.0315 e. The van der Waals surface area contributed by atoms with Crippen molar-refractivity contribution in [1.82, 2.24) is 0 Å². The van der Waals surface area contributed by atoms with Gasteiger partial charge in [-0.25, -0.2) is 0 Å². The third-order valence-electron chi connectivity index (χ3n) is 7.21. The zero-order valence-electron chi connectivity index (χ0n) is 15.1. The first-order valence-corrected chi connectivity index (χ1v) is 9.37. The van der Waals surface area contributed by atoms with Crippen molar-refractivity contribution >= 4 is 22.4 Å². The minimum Gasteiger partial charge on any atom is -0.0617 e. The van der Waals surface area contributed by atoms with Gasteiger partial charge in [0.05, 0.1) is 0 Å². The van der Waals surface area contributed by atoms with E-state index in [4.69, 9.17) is 0 Å². The van der Waals surface area contributed by atoms with Crippen LogP contribution in [0, 0.1) is 10.8 Å². The molecule has 0 heteroatoms. The van der Waals surface area contributed by atoms with Crippen molar-refractivity contribution in [3.63, 3.8) is 0 Å². The summed E-state index contributed by atoms with van der Waals surface area (Å²) in [6.45, 7) is 4.86. The Morgan fingerprint density at radius 1 is 0.692 bits per heavy atom. The highest BCUT2D eigenvalue weighted by Crippen LogP contribution is 2.67. The lowest BCUT2D eigenvalue weighted by molar-refractivity contribution is 0.277. The molecule has 26 heavy (non-hydrogen) atoms. The van der Waals surface area contributed by atoms with Crippen molar-refractivity contribution in [1.29, 1.82) is 0 Å². The molecule has 0 bridgehead atoms. The first-order valence-electron chi connectivity index (χ1n) is 9.37. The van der Waals surface area contributed by atoms with E-state index in [1.54, 1.807) is 0 Å².